The van der Waals surface area contributed by atoms with Gasteiger partial charge in [0.15, 0.2) is 0 Å². The smallest absolute Gasteiger partial charge is 0.272 e. The molecule has 0 aromatic rings. The summed E-state index contributed by atoms with van der Waals surface area (Å²) in [7, 11) is 0. The van der Waals surface area contributed by atoms with Crippen LogP contribution in [0.25, 0.3) is 0 Å². The molecule has 4 heteroatoms. The summed E-state index contributed by atoms with van der Waals surface area (Å²) in [6.45, 7) is 1.49. The van der Waals surface area contributed by atoms with Crippen molar-refractivity contribution in [2.75, 3.05) is 26.2 Å². The predicted molar refractivity (Wildman–Crippen MR) is 51.6 cm³/mol. The van der Waals surface area contributed by atoms with Crippen molar-refractivity contribution in [2.24, 2.45) is 0 Å². The van der Waals surface area contributed by atoms with Crippen LogP contribution in [0.4, 0.5) is 8.78 Å². The summed E-state index contributed by atoms with van der Waals surface area (Å²) >= 11 is 0. The van der Waals surface area contributed by atoms with Crippen molar-refractivity contribution in [3.05, 3.63) is 0 Å². The largest absolute Gasteiger partial charge is 0.308 e. The van der Waals surface area contributed by atoms with Crippen LogP contribution in [0.2, 0.25) is 0 Å². The number of halogens is 2. The third kappa shape index (κ3) is 3.17. The number of hydrogen-bond donors (Lipinski definition) is 1. The highest BCUT2D eigenvalue weighted by Gasteiger charge is 2.34. The maximum Gasteiger partial charge on any atom is 0.272 e. The Labute approximate surface area is 83.7 Å². The van der Waals surface area contributed by atoms with Gasteiger partial charge in [-0.25, -0.2) is 8.78 Å². The summed E-state index contributed by atoms with van der Waals surface area (Å²) in [5.41, 5.74) is 0. The fourth-order valence-electron chi connectivity index (χ4n) is 1.90. The first-order chi connectivity index (χ1) is 6.66. The molecule has 14 heavy (non-hydrogen) atoms. The highest BCUT2D eigenvalue weighted by Crippen LogP contribution is 2.22. The molecule has 0 aromatic carbocycles. The molecule has 1 saturated heterocycles. The lowest BCUT2D eigenvalue weighted by atomic mass is 10.3. The fraction of sp³-hybridized carbons (Fsp3) is 1.00. The minimum Gasteiger partial charge on any atom is -0.308 e. The molecule has 0 atom stereocenters. The first kappa shape index (κ1) is 10.3. The summed E-state index contributed by atoms with van der Waals surface area (Å²) in [6.07, 6.45) is 4.29. The molecule has 2 fully saturated rings. The van der Waals surface area contributed by atoms with Crippen LogP contribution >= 0.6 is 0 Å². The van der Waals surface area contributed by atoms with Crippen LogP contribution < -0.4 is 5.32 Å². The van der Waals surface area contributed by atoms with Crippen LogP contribution in [0.3, 0.4) is 0 Å². The Morgan fingerprint density at radius 2 is 1.86 bits per heavy atom. The van der Waals surface area contributed by atoms with Crippen LogP contribution in [0, 0.1) is 0 Å². The molecule has 2 aliphatic rings. The van der Waals surface area contributed by atoms with E-state index in [9.17, 15) is 8.78 Å². The van der Waals surface area contributed by atoms with Gasteiger partial charge in [-0.15, -0.1) is 0 Å². The third-order valence-electron chi connectivity index (χ3n) is 2.88. The van der Waals surface area contributed by atoms with Gasteiger partial charge >= 0.3 is 0 Å². The fourth-order valence-corrected chi connectivity index (χ4v) is 1.90. The second-order valence-electron chi connectivity index (χ2n) is 4.49. The Balaban J connectivity index is 1.69. The molecule has 0 amide bonds. The monoisotopic (exact) mass is 204 g/mol. The highest BCUT2D eigenvalue weighted by atomic mass is 19.3. The van der Waals surface area contributed by atoms with Crippen molar-refractivity contribution in [3.63, 3.8) is 0 Å². The molecule has 0 spiro atoms. The molecule has 1 saturated carbocycles. The lowest BCUT2D eigenvalue weighted by Crippen LogP contribution is -2.43. The van der Waals surface area contributed by atoms with Crippen molar-refractivity contribution in [3.8, 4) is 0 Å². The number of nitrogens with zero attached hydrogens (tertiary/aromatic N) is 1. The van der Waals surface area contributed by atoms with Crippen LogP contribution in [-0.4, -0.2) is 43.0 Å². The van der Waals surface area contributed by atoms with Gasteiger partial charge in [-0.2, -0.15) is 0 Å². The minimum absolute atomic E-state index is 0.0628. The highest BCUT2D eigenvalue weighted by molar-refractivity contribution is 4.85. The van der Waals surface area contributed by atoms with Gasteiger partial charge in [-0.1, -0.05) is 0 Å². The average Bonchev–Trinajstić information content (AvgIpc) is 2.82. The van der Waals surface area contributed by atoms with E-state index in [0.717, 1.165) is 38.8 Å². The summed E-state index contributed by atoms with van der Waals surface area (Å²) in [4.78, 5) is 1.87. The zero-order chi connectivity index (χ0) is 10.0. The maximum atomic E-state index is 13.4. The van der Waals surface area contributed by atoms with E-state index in [1.165, 1.54) is 0 Å². The first-order valence-corrected chi connectivity index (χ1v) is 5.49. The minimum atomic E-state index is -2.55. The summed E-state index contributed by atoms with van der Waals surface area (Å²) in [5, 5.41) is 2.89. The van der Waals surface area contributed by atoms with E-state index in [-0.39, 0.29) is 13.1 Å². The molecule has 82 valence electrons. The van der Waals surface area contributed by atoms with E-state index in [4.69, 9.17) is 0 Å². The van der Waals surface area contributed by atoms with Crippen molar-refractivity contribution >= 4 is 0 Å². The van der Waals surface area contributed by atoms with Gasteiger partial charge in [0, 0.05) is 6.04 Å². The van der Waals surface area contributed by atoms with Gasteiger partial charge in [-0.05, 0) is 38.8 Å². The lowest BCUT2D eigenvalue weighted by Gasteiger charge is -2.23. The molecular formula is C10H18F2N2. The SMILES string of the molecule is FC(F)(CNC1CC1)CN1CCCC1. The Hall–Kier alpha value is -0.220. The normalized spacial score (nSPS) is 24.4. The van der Waals surface area contributed by atoms with Crippen molar-refractivity contribution in [2.45, 2.75) is 37.6 Å². The molecular weight excluding hydrogens is 186 g/mol. The van der Waals surface area contributed by atoms with Crippen molar-refractivity contribution in [1.29, 1.82) is 0 Å². The molecule has 0 aromatic heterocycles. The summed E-state index contributed by atoms with van der Waals surface area (Å²) in [6, 6.07) is 0.374. The number of hydrogen-bond acceptors (Lipinski definition) is 2. The zero-order valence-electron chi connectivity index (χ0n) is 8.44. The van der Waals surface area contributed by atoms with Crippen molar-refractivity contribution in [1.82, 2.24) is 10.2 Å². The average molecular weight is 204 g/mol. The van der Waals surface area contributed by atoms with Crippen LogP contribution in [0.15, 0.2) is 0 Å². The van der Waals surface area contributed by atoms with Gasteiger partial charge < -0.3 is 5.32 Å². The van der Waals surface area contributed by atoms with Crippen LogP contribution in [0.1, 0.15) is 25.7 Å². The lowest BCUT2D eigenvalue weighted by molar-refractivity contribution is -0.0257. The maximum absolute atomic E-state index is 13.4. The molecule has 2 nitrogen and oxygen atoms in total. The number of likely N-dealkylation sites (tertiary alicyclic amines) is 1. The number of alkyl halides is 2. The van der Waals surface area contributed by atoms with Crippen LogP contribution in [-0.2, 0) is 0 Å². The van der Waals surface area contributed by atoms with E-state index in [1.807, 2.05) is 4.90 Å². The summed E-state index contributed by atoms with van der Waals surface area (Å²) in [5.74, 6) is -2.55. The van der Waals surface area contributed by atoms with Crippen LogP contribution in [0.5, 0.6) is 0 Å². The standard InChI is InChI=1S/C10H18F2N2/c11-10(12,7-13-9-3-4-9)8-14-5-1-2-6-14/h9,13H,1-8H2. The number of rotatable bonds is 5. The molecule has 1 heterocycles. The molecule has 1 aliphatic heterocycles. The van der Waals surface area contributed by atoms with Gasteiger partial charge in [0.05, 0.1) is 13.1 Å². The van der Waals surface area contributed by atoms with E-state index >= 15 is 0 Å². The second kappa shape index (κ2) is 4.11. The molecule has 1 aliphatic carbocycles. The molecule has 1 N–H and O–H groups in total. The second-order valence-corrected chi connectivity index (χ2v) is 4.49. The van der Waals surface area contributed by atoms with E-state index in [0.29, 0.717) is 6.04 Å². The van der Waals surface area contributed by atoms with Gasteiger partial charge in [-0.3, -0.25) is 4.90 Å². The van der Waals surface area contributed by atoms with Crippen molar-refractivity contribution < 1.29 is 8.78 Å². The Morgan fingerprint density at radius 1 is 1.21 bits per heavy atom. The Bertz CT molecular complexity index is 187. The topological polar surface area (TPSA) is 15.3 Å². The van der Waals surface area contributed by atoms with Gasteiger partial charge in [0.25, 0.3) is 5.92 Å². The molecule has 0 radical (unpaired) electrons. The number of nitrogens with one attached hydrogen (secondary N) is 1. The quantitative estimate of drug-likeness (QED) is 0.729. The molecule has 2 rings (SSSR count). The zero-order valence-corrected chi connectivity index (χ0v) is 8.44. The van der Waals surface area contributed by atoms with Gasteiger partial charge in [0.2, 0.25) is 0 Å². The third-order valence-corrected chi connectivity index (χ3v) is 2.88. The molecule has 0 bridgehead atoms. The van der Waals surface area contributed by atoms with E-state index in [2.05, 4.69) is 5.32 Å². The molecule has 0 unspecified atom stereocenters. The van der Waals surface area contributed by atoms with Gasteiger partial charge in [0.1, 0.15) is 0 Å². The van der Waals surface area contributed by atoms with E-state index < -0.39 is 5.92 Å². The Kier molecular flexibility index (Phi) is 3.02. The first-order valence-electron chi connectivity index (χ1n) is 5.49. The summed E-state index contributed by atoms with van der Waals surface area (Å²) < 4.78 is 26.7. The van der Waals surface area contributed by atoms with E-state index in [1.54, 1.807) is 0 Å². The predicted octanol–water partition coefficient (Wildman–Crippen LogP) is 1.47. The Morgan fingerprint density at radius 3 is 2.43 bits per heavy atom.